The Kier molecular flexibility index (Phi) is 6.45. The van der Waals surface area contributed by atoms with E-state index in [1.54, 1.807) is 0 Å². The third-order valence-electron chi connectivity index (χ3n) is 6.75. The summed E-state index contributed by atoms with van der Waals surface area (Å²) in [6, 6.07) is 8.62. The van der Waals surface area contributed by atoms with Crippen LogP contribution in [0.5, 0.6) is 5.75 Å². The lowest BCUT2D eigenvalue weighted by atomic mass is 9.94. The molecule has 1 saturated carbocycles. The molecule has 0 radical (unpaired) electrons. The number of piperidine rings is 1. The molecular formula is C24H36N2O3. The van der Waals surface area contributed by atoms with Crippen LogP contribution in [-0.2, 0) is 4.74 Å². The quantitative estimate of drug-likeness (QED) is 0.806. The fourth-order valence-electron chi connectivity index (χ4n) is 5.16. The molecule has 3 fully saturated rings. The highest BCUT2D eigenvalue weighted by atomic mass is 16.5. The van der Waals surface area contributed by atoms with Crippen molar-refractivity contribution in [3.63, 3.8) is 0 Å². The van der Waals surface area contributed by atoms with Gasteiger partial charge >= 0.3 is 0 Å². The van der Waals surface area contributed by atoms with Crippen LogP contribution in [0.1, 0.15) is 75.6 Å². The Bertz CT molecular complexity index is 691. The minimum absolute atomic E-state index is 0.0193. The molecule has 0 bridgehead atoms. The van der Waals surface area contributed by atoms with Crippen LogP contribution in [0.2, 0.25) is 0 Å². The van der Waals surface area contributed by atoms with Gasteiger partial charge in [-0.1, -0.05) is 18.9 Å². The van der Waals surface area contributed by atoms with E-state index in [9.17, 15) is 4.79 Å². The Morgan fingerprint density at radius 2 is 1.90 bits per heavy atom. The van der Waals surface area contributed by atoms with Crippen LogP contribution >= 0.6 is 0 Å². The van der Waals surface area contributed by atoms with E-state index in [4.69, 9.17) is 9.47 Å². The number of rotatable bonds is 5. The molecule has 2 aliphatic heterocycles. The number of carbonyl (C=O) groups excluding carboxylic acids is 1. The number of benzene rings is 1. The second kappa shape index (κ2) is 9.05. The van der Waals surface area contributed by atoms with Gasteiger partial charge in [-0.25, -0.2) is 0 Å². The van der Waals surface area contributed by atoms with Crippen molar-refractivity contribution in [2.75, 3.05) is 19.7 Å². The number of carbonyl (C=O) groups is 1. The van der Waals surface area contributed by atoms with Crippen molar-refractivity contribution in [3.8, 4) is 5.75 Å². The van der Waals surface area contributed by atoms with Crippen LogP contribution in [0, 0.1) is 0 Å². The molecule has 29 heavy (non-hydrogen) atoms. The number of nitrogens with one attached hydrogen (secondary N) is 1. The van der Waals surface area contributed by atoms with E-state index in [0.717, 1.165) is 50.6 Å². The number of hydrogen-bond acceptors (Lipinski definition) is 4. The molecule has 2 heterocycles. The van der Waals surface area contributed by atoms with Gasteiger partial charge in [0.1, 0.15) is 11.9 Å². The van der Waals surface area contributed by atoms with Crippen molar-refractivity contribution < 1.29 is 14.3 Å². The maximum atomic E-state index is 12.7. The van der Waals surface area contributed by atoms with Crippen LogP contribution in [0.15, 0.2) is 24.3 Å². The fraction of sp³-hybridized carbons (Fsp3) is 0.708. The van der Waals surface area contributed by atoms with E-state index >= 15 is 0 Å². The molecule has 1 N–H and O–H groups in total. The van der Waals surface area contributed by atoms with E-state index in [1.165, 1.54) is 25.7 Å². The van der Waals surface area contributed by atoms with Gasteiger partial charge in [0.2, 0.25) is 0 Å². The van der Waals surface area contributed by atoms with Crippen molar-refractivity contribution >= 4 is 5.91 Å². The maximum Gasteiger partial charge on any atom is 0.251 e. The van der Waals surface area contributed by atoms with Gasteiger partial charge in [-0.3, -0.25) is 4.79 Å². The Balaban J connectivity index is 1.29. The summed E-state index contributed by atoms with van der Waals surface area (Å²) in [5.74, 6) is 0.790. The zero-order valence-corrected chi connectivity index (χ0v) is 18.0. The van der Waals surface area contributed by atoms with Crippen molar-refractivity contribution in [2.45, 2.75) is 89.0 Å². The summed E-state index contributed by atoms with van der Waals surface area (Å²) in [5, 5.41) is 3.18. The topological polar surface area (TPSA) is 50.8 Å². The Morgan fingerprint density at radius 1 is 1.14 bits per heavy atom. The highest BCUT2D eigenvalue weighted by molar-refractivity contribution is 5.94. The maximum absolute atomic E-state index is 12.7. The highest BCUT2D eigenvalue weighted by Gasteiger charge is 2.30. The molecule has 5 heteroatoms. The lowest BCUT2D eigenvalue weighted by molar-refractivity contribution is -0.0615. The third-order valence-corrected chi connectivity index (χ3v) is 6.75. The normalized spacial score (nSPS) is 26.3. The minimum Gasteiger partial charge on any atom is -0.490 e. The summed E-state index contributed by atoms with van der Waals surface area (Å²) < 4.78 is 12.0. The summed E-state index contributed by atoms with van der Waals surface area (Å²) in [5.41, 5.74) is 0.504. The molecule has 0 spiro atoms. The van der Waals surface area contributed by atoms with Gasteiger partial charge in [-0.15, -0.1) is 0 Å². The minimum atomic E-state index is -0.172. The van der Waals surface area contributed by atoms with Crippen LogP contribution < -0.4 is 10.1 Å². The molecule has 2 saturated heterocycles. The van der Waals surface area contributed by atoms with Gasteiger partial charge in [0.05, 0.1) is 5.60 Å². The van der Waals surface area contributed by atoms with Crippen LogP contribution in [0.3, 0.4) is 0 Å². The lowest BCUT2D eigenvalue weighted by Crippen LogP contribution is -2.45. The van der Waals surface area contributed by atoms with E-state index in [2.05, 4.69) is 24.1 Å². The van der Waals surface area contributed by atoms with Gasteiger partial charge in [-0.05, 0) is 70.6 Å². The highest BCUT2D eigenvalue weighted by Crippen LogP contribution is 2.28. The standard InChI is InChI=1S/C24H36N2O3/c1-24(2)17-19(12-15-28-24)25-23(27)18-6-5-9-22(16-18)29-21-10-13-26(14-11-21)20-7-3-4-8-20/h5-6,9,16,19-21H,3-4,7-8,10-15,17H2,1-2H3,(H,25,27). The van der Waals surface area contributed by atoms with Crippen molar-refractivity contribution in [1.82, 2.24) is 10.2 Å². The van der Waals surface area contributed by atoms with Crippen LogP contribution in [-0.4, -0.2) is 54.3 Å². The van der Waals surface area contributed by atoms with E-state index in [-0.39, 0.29) is 23.7 Å². The van der Waals surface area contributed by atoms with Crippen molar-refractivity contribution in [2.24, 2.45) is 0 Å². The summed E-state index contributed by atoms with van der Waals surface area (Å²) in [7, 11) is 0. The SMILES string of the molecule is CC1(C)CC(NC(=O)c2cccc(OC3CCN(C4CCCC4)CC3)c2)CCO1. The number of amides is 1. The lowest BCUT2D eigenvalue weighted by Gasteiger charge is -2.36. The number of nitrogens with zero attached hydrogens (tertiary/aromatic N) is 1. The second-order valence-corrected chi connectivity index (χ2v) is 9.59. The van der Waals surface area contributed by atoms with Crippen molar-refractivity contribution in [1.29, 1.82) is 0 Å². The molecule has 1 unspecified atom stereocenters. The Labute approximate surface area is 175 Å². The Hall–Kier alpha value is -1.59. The molecule has 4 rings (SSSR count). The monoisotopic (exact) mass is 400 g/mol. The number of likely N-dealkylation sites (tertiary alicyclic amines) is 1. The molecule has 3 aliphatic rings. The summed E-state index contributed by atoms with van der Waals surface area (Å²) in [6.45, 7) is 7.13. The van der Waals surface area contributed by atoms with Gasteiger partial charge in [0, 0.05) is 37.3 Å². The number of ether oxygens (including phenoxy) is 2. The molecular weight excluding hydrogens is 364 g/mol. The Morgan fingerprint density at radius 3 is 2.62 bits per heavy atom. The molecule has 160 valence electrons. The average Bonchev–Trinajstić information content (AvgIpc) is 3.23. The van der Waals surface area contributed by atoms with Gasteiger partial charge in [0.25, 0.3) is 5.91 Å². The van der Waals surface area contributed by atoms with E-state index in [0.29, 0.717) is 12.2 Å². The van der Waals surface area contributed by atoms with Crippen LogP contribution in [0.4, 0.5) is 0 Å². The molecule has 1 aromatic rings. The zero-order valence-electron chi connectivity index (χ0n) is 18.0. The van der Waals surface area contributed by atoms with E-state index in [1.807, 2.05) is 24.3 Å². The predicted molar refractivity (Wildman–Crippen MR) is 114 cm³/mol. The summed E-state index contributed by atoms with van der Waals surface area (Å²) in [6.07, 6.45) is 9.62. The summed E-state index contributed by atoms with van der Waals surface area (Å²) >= 11 is 0. The molecule has 5 nitrogen and oxygen atoms in total. The molecule has 1 aromatic carbocycles. The van der Waals surface area contributed by atoms with Crippen LogP contribution in [0.25, 0.3) is 0 Å². The first kappa shape index (κ1) is 20.7. The van der Waals surface area contributed by atoms with Crippen molar-refractivity contribution in [3.05, 3.63) is 29.8 Å². The van der Waals surface area contributed by atoms with E-state index < -0.39 is 0 Å². The largest absolute Gasteiger partial charge is 0.490 e. The number of hydrogen-bond donors (Lipinski definition) is 1. The molecule has 1 aliphatic carbocycles. The van der Waals surface area contributed by atoms with Gasteiger partial charge in [0.15, 0.2) is 0 Å². The van der Waals surface area contributed by atoms with Gasteiger partial charge < -0.3 is 19.7 Å². The third kappa shape index (κ3) is 5.52. The zero-order chi connectivity index (χ0) is 20.3. The smallest absolute Gasteiger partial charge is 0.251 e. The molecule has 1 amide bonds. The second-order valence-electron chi connectivity index (χ2n) is 9.59. The first-order valence-electron chi connectivity index (χ1n) is 11.4. The first-order chi connectivity index (χ1) is 14.0. The molecule has 0 aromatic heterocycles. The molecule has 1 atom stereocenters. The van der Waals surface area contributed by atoms with Gasteiger partial charge in [-0.2, -0.15) is 0 Å². The predicted octanol–water partition coefficient (Wildman–Crippen LogP) is 4.16. The first-order valence-corrected chi connectivity index (χ1v) is 11.4. The summed E-state index contributed by atoms with van der Waals surface area (Å²) in [4.78, 5) is 15.4. The fourth-order valence-corrected chi connectivity index (χ4v) is 5.16. The average molecular weight is 401 g/mol.